The van der Waals surface area contributed by atoms with Crippen LogP contribution in [-0.4, -0.2) is 33.2 Å². The number of hydrogen-bond donors (Lipinski definition) is 2. The molecule has 0 saturated carbocycles. The molecule has 1 aromatic rings. The van der Waals surface area contributed by atoms with Gasteiger partial charge in [0, 0.05) is 25.5 Å². The quantitative estimate of drug-likeness (QED) is 0.792. The minimum atomic E-state index is -3.67. The molecule has 1 atom stereocenters. The summed E-state index contributed by atoms with van der Waals surface area (Å²) in [6.07, 6.45) is 2.69. The first-order valence-corrected chi connectivity index (χ1v) is 7.07. The molecule has 0 radical (unpaired) electrons. The standard InChI is InChI=1S/C11H19N3O3S/c1-8(2)10(7-17-3)14-18(15,16)11-6-13-5-4-9(11)12/h4-6,8,10,14H,7H2,1-3H3,(H2,12,13). The number of pyridine rings is 1. The van der Waals surface area contributed by atoms with Crippen molar-refractivity contribution in [2.45, 2.75) is 24.8 Å². The molecule has 0 aromatic carbocycles. The molecule has 18 heavy (non-hydrogen) atoms. The normalized spacial score (nSPS) is 13.8. The summed E-state index contributed by atoms with van der Waals surface area (Å²) in [4.78, 5) is 3.77. The first-order valence-electron chi connectivity index (χ1n) is 5.59. The van der Waals surface area contributed by atoms with Crippen LogP contribution in [0, 0.1) is 5.92 Å². The number of aromatic nitrogens is 1. The number of nitrogen functional groups attached to an aromatic ring is 1. The monoisotopic (exact) mass is 273 g/mol. The Kier molecular flexibility index (Phi) is 5.06. The number of rotatable bonds is 6. The van der Waals surface area contributed by atoms with E-state index in [1.807, 2.05) is 13.8 Å². The smallest absolute Gasteiger partial charge is 0.244 e. The first-order chi connectivity index (χ1) is 8.38. The summed E-state index contributed by atoms with van der Waals surface area (Å²) in [6.45, 7) is 4.13. The van der Waals surface area contributed by atoms with Gasteiger partial charge in [-0.1, -0.05) is 13.8 Å². The summed E-state index contributed by atoms with van der Waals surface area (Å²) >= 11 is 0. The van der Waals surface area contributed by atoms with Crippen LogP contribution in [0.4, 0.5) is 5.69 Å². The first kappa shape index (κ1) is 14.9. The molecule has 0 spiro atoms. The van der Waals surface area contributed by atoms with E-state index in [2.05, 4.69) is 9.71 Å². The molecule has 0 fully saturated rings. The molecule has 1 aromatic heterocycles. The van der Waals surface area contributed by atoms with Gasteiger partial charge in [-0.2, -0.15) is 0 Å². The van der Waals surface area contributed by atoms with Crippen molar-refractivity contribution in [3.8, 4) is 0 Å². The molecule has 7 heteroatoms. The summed E-state index contributed by atoms with van der Waals surface area (Å²) in [7, 11) is -2.15. The lowest BCUT2D eigenvalue weighted by Gasteiger charge is -2.21. The van der Waals surface area contributed by atoms with E-state index in [-0.39, 0.29) is 22.5 Å². The molecule has 0 aliphatic carbocycles. The maximum absolute atomic E-state index is 12.2. The third-order valence-electron chi connectivity index (χ3n) is 2.56. The fourth-order valence-corrected chi connectivity index (χ4v) is 2.86. The second-order valence-electron chi connectivity index (χ2n) is 4.34. The summed E-state index contributed by atoms with van der Waals surface area (Å²) in [5.74, 6) is 0.109. The summed E-state index contributed by atoms with van der Waals surface area (Å²) < 4.78 is 31.9. The topological polar surface area (TPSA) is 94.3 Å². The summed E-state index contributed by atoms with van der Waals surface area (Å²) in [5.41, 5.74) is 5.82. The van der Waals surface area contributed by atoms with Crippen LogP contribution < -0.4 is 10.5 Å². The highest BCUT2D eigenvalue weighted by Gasteiger charge is 2.24. The minimum absolute atomic E-state index is 0.00764. The summed E-state index contributed by atoms with van der Waals surface area (Å²) in [6, 6.07) is 1.15. The molecule has 0 aliphatic rings. The molecular formula is C11H19N3O3S. The predicted octanol–water partition coefficient (Wildman–Crippen LogP) is 0.613. The highest BCUT2D eigenvalue weighted by atomic mass is 32.2. The molecule has 0 amide bonds. The fourth-order valence-electron chi connectivity index (χ4n) is 1.42. The highest BCUT2D eigenvalue weighted by molar-refractivity contribution is 7.89. The van der Waals surface area contributed by atoms with Crippen LogP contribution in [0.15, 0.2) is 23.4 Å². The van der Waals surface area contributed by atoms with Gasteiger partial charge in [0.15, 0.2) is 0 Å². The molecule has 0 aliphatic heterocycles. The predicted molar refractivity (Wildman–Crippen MR) is 69.5 cm³/mol. The van der Waals surface area contributed by atoms with Gasteiger partial charge < -0.3 is 10.5 Å². The van der Waals surface area contributed by atoms with Crippen molar-refractivity contribution < 1.29 is 13.2 Å². The number of methoxy groups -OCH3 is 1. The third kappa shape index (κ3) is 3.66. The van der Waals surface area contributed by atoms with Crippen LogP contribution in [0.1, 0.15) is 13.8 Å². The van der Waals surface area contributed by atoms with E-state index in [4.69, 9.17) is 10.5 Å². The number of hydrogen-bond acceptors (Lipinski definition) is 5. The number of anilines is 1. The van der Waals surface area contributed by atoms with Crippen molar-refractivity contribution in [3.05, 3.63) is 18.5 Å². The van der Waals surface area contributed by atoms with Gasteiger partial charge in [-0.15, -0.1) is 0 Å². The molecular weight excluding hydrogens is 254 g/mol. The molecule has 3 N–H and O–H groups in total. The molecule has 1 unspecified atom stereocenters. The van der Waals surface area contributed by atoms with Crippen LogP contribution in [-0.2, 0) is 14.8 Å². The van der Waals surface area contributed by atoms with E-state index >= 15 is 0 Å². The van der Waals surface area contributed by atoms with Crippen molar-refractivity contribution in [3.63, 3.8) is 0 Å². The lowest BCUT2D eigenvalue weighted by Crippen LogP contribution is -2.41. The zero-order valence-electron chi connectivity index (χ0n) is 10.8. The molecule has 1 rings (SSSR count). The van der Waals surface area contributed by atoms with Gasteiger partial charge in [0.05, 0.1) is 12.3 Å². The van der Waals surface area contributed by atoms with Gasteiger partial charge >= 0.3 is 0 Å². The van der Waals surface area contributed by atoms with Crippen LogP contribution >= 0.6 is 0 Å². The van der Waals surface area contributed by atoms with E-state index in [1.54, 1.807) is 0 Å². The van der Waals surface area contributed by atoms with Crippen molar-refractivity contribution in [2.24, 2.45) is 5.92 Å². The van der Waals surface area contributed by atoms with Gasteiger partial charge in [-0.3, -0.25) is 4.98 Å². The van der Waals surface area contributed by atoms with Crippen molar-refractivity contribution >= 4 is 15.7 Å². The Labute approximate surface area is 108 Å². The average molecular weight is 273 g/mol. The highest BCUT2D eigenvalue weighted by Crippen LogP contribution is 2.17. The van der Waals surface area contributed by atoms with E-state index in [9.17, 15) is 8.42 Å². The Morgan fingerprint density at radius 1 is 1.50 bits per heavy atom. The summed E-state index contributed by atoms with van der Waals surface area (Å²) in [5, 5.41) is 0. The largest absolute Gasteiger partial charge is 0.398 e. The van der Waals surface area contributed by atoms with Gasteiger partial charge in [0.25, 0.3) is 0 Å². The van der Waals surface area contributed by atoms with Gasteiger partial charge in [0.1, 0.15) is 4.90 Å². The van der Waals surface area contributed by atoms with Crippen molar-refractivity contribution in [2.75, 3.05) is 19.5 Å². The zero-order valence-corrected chi connectivity index (χ0v) is 11.6. The fraction of sp³-hybridized carbons (Fsp3) is 0.545. The number of nitrogens with one attached hydrogen (secondary N) is 1. The Morgan fingerprint density at radius 2 is 2.17 bits per heavy atom. The molecule has 0 bridgehead atoms. The van der Waals surface area contributed by atoms with Crippen molar-refractivity contribution in [1.29, 1.82) is 0 Å². The Hall–Kier alpha value is -1.18. The maximum atomic E-state index is 12.2. The second kappa shape index (κ2) is 6.12. The molecule has 0 saturated heterocycles. The minimum Gasteiger partial charge on any atom is -0.398 e. The lowest BCUT2D eigenvalue weighted by molar-refractivity contribution is 0.157. The number of ether oxygens (including phenoxy) is 1. The van der Waals surface area contributed by atoms with Crippen LogP contribution in [0.5, 0.6) is 0 Å². The van der Waals surface area contributed by atoms with Crippen LogP contribution in [0.25, 0.3) is 0 Å². The lowest BCUT2D eigenvalue weighted by atomic mass is 10.1. The zero-order chi connectivity index (χ0) is 13.8. The molecule has 1 heterocycles. The van der Waals surface area contributed by atoms with Gasteiger partial charge in [-0.25, -0.2) is 13.1 Å². The van der Waals surface area contributed by atoms with Crippen LogP contribution in [0.2, 0.25) is 0 Å². The van der Waals surface area contributed by atoms with E-state index in [1.165, 1.54) is 25.6 Å². The Balaban J connectivity index is 2.97. The van der Waals surface area contributed by atoms with Crippen LogP contribution in [0.3, 0.4) is 0 Å². The average Bonchev–Trinajstić information content (AvgIpc) is 2.28. The van der Waals surface area contributed by atoms with Crippen molar-refractivity contribution in [1.82, 2.24) is 9.71 Å². The third-order valence-corrected chi connectivity index (χ3v) is 4.10. The Bertz CT molecular complexity index is 488. The molecule has 6 nitrogen and oxygen atoms in total. The number of nitrogens with zero attached hydrogens (tertiary/aromatic N) is 1. The van der Waals surface area contributed by atoms with E-state index < -0.39 is 10.0 Å². The number of sulfonamides is 1. The number of nitrogens with two attached hydrogens (primary N) is 1. The van der Waals surface area contributed by atoms with Gasteiger partial charge in [0.2, 0.25) is 10.0 Å². The van der Waals surface area contributed by atoms with Gasteiger partial charge in [-0.05, 0) is 12.0 Å². The van der Waals surface area contributed by atoms with E-state index in [0.29, 0.717) is 6.61 Å². The van der Waals surface area contributed by atoms with E-state index in [0.717, 1.165) is 0 Å². The SMILES string of the molecule is COCC(NS(=O)(=O)c1cnccc1N)C(C)C. The Morgan fingerprint density at radius 3 is 2.67 bits per heavy atom. The second-order valence-corrected chi connectivity index (χ2v) is 6.02. The molecule has 102 valence electrons. The maximum Gasteiger partial charge on any atom is 0.244 e.